The summed E-state index contributed by atoms with van der Waals surface area (Å²) in [6.07, 6.45) is -4.86. The zero-order valence-corrected chi connectivity index (χ0v) is 18.2. The van der Waals surface area contributed by atoms with Gasteiger partial charge in [0.05, 0.1) is 19.4 Å². The van der Waals surface area contributed by atoms with Crippen LogP contribution in [0.5, 0.6) is 0 Å². The highest BCUT2D eigenvalue weighted by atomic mass is 32.2. The first-order chi connectivity index (χ1) is 13.9. The minimum atomic E-state index is -4.63. The van der Waals surface area contributed by atoms with Crippen LogP contribution in [-0.2, 0) is 19.7 Å². The number of nitrogens with one attached hydrogen (secondary N) is 1. The fourth-order valence-corrected chi connectivity index (χ4v) is 5.59. The lowest BCUT2D eigenvalue weighted by Crippen LogP contribution is -2.68. The molecule has 3 rings (SSSR count). The first-order valence-electron chi connectivity index (χ1n) is 10.0. The molecule has 9 nitrogen and oxygen atoms in total. The predicted molar refractivity (Wildman–Crippen MR) is 103 cm³/mol. The number of amides is 1. The molecule has 3 aliphatic rings. The number of hydrogen-bond acceptors (Lipinski definition) is 6. The molecule has 3 fully saturated rings. The van der Waals surface area contributed by atoms with Gasteiger partial charge in [-0.1, -0.05) is 0 Å². The van der Waals surface area contributed by atoms with Gasteiger partial charge in [0.2, 0.25) is 5.91 Å². The Bertz CT molecular complexity index is 735. The van der Waals surface area contributed by atoms with Gasteiger partial charge in [-0.05, 0) is 13.3 Å². The SMILES string of the molecule is C[C@@H]1COCCN1C1CC(=O)NC(N2CCN(S(=O)(=O)N(C)C)CC2C(F)(F)F)C1. The van der Waals surface area contributed by atoms with Crippen molar-refractivity contribution in [2.24, 2.45) is 0 Å². The minimum absolute atomic E-state index is 0.0713. The van der Waals surface area contributed by atoms with Crippen molar-refractivity contribution >= 4 is 16.1 Å². The highest BCUT2D eigenvalue weighted by Gasteiger charge is 2.51. The van der Waals surface area contributed by atoms with E-state index >= 15 is 0 Å². The second-order valence-electron chi connectivity index (χ2n) is 8.28. The van der Waals surface area contributed by atoms with Gasteiger partial charge in [-0.25, -0.2) is 0 Å². The van der Waals surface area contributed by atoms with Crippen LogP contribution in [0, 0.1) is 0 Å². The second-order valence-corrected chi connectivity index (χ2v) is 10.4. The summed E-state index contributed by atoms with van der Waals surface area (Å²) in [5, 5.41) is 2.70. The molecule has 0 bridgehead atoms. The van der Waals surface area contributed by atoms with Crippen molar-refractivity contribution in [3.05, 3.63) is 0 Å². The number of nitrogens with zero attached hydrogens (tertiary/aromatic N) is 4. The molecule has 0 saturated carbocycles. The van der Waals surface area contributed by atoms with Gasteiger partial charge in [0.1, 0.15) is 6.04 Å². The van der Waals surface area contributed by atoms with E-state index < -0.39 is 35.1 Å². The fourth-order valence-electron chi connectivity index (χ4n) is 4.49. The molecule has 3 aliphatic heterocycles. The van der Waals surface area contributed by atoms with Crippen molar-refractivity contribution in [2.45, 2.75) is 50.2 Å². The van der Waals surface area contributed by atoms with E-state index in [4.69, 9.17) is 4.74 Å². The fraction of sp³-hybridized carbons (Fsp3) is 0.941. The third kappa shape index (κ3) is 4.91. The summed E-state index contributed by atoms with van der Waals surface area (Å²) in [6, 6.07) is -2.09. The van der Waals surface area contributed by atoms with Crippen LogP contribution in [0.1, 0.15) is 19.8 Å². The van der Waals surface area contributed by atoms with Crippen LogP contribution in [0.25, 0.3) is 0 Å². The van der Waals surface area contributed by atoms with Crippen molar-refractivity contribution in [3.63, 3.8) is 0 Å². The maximum absolute atomic E-state index is 13.9. The van der Waals surface area contributed by atoms with Crippen LogP contribution < -0.4 is 5.32 Å². The molecule has 3 heterocycles. The minimum Gasteiger partial charge on any atom is -0.379 e. The molecule has 174 valence electrons. The van der Waals surface area contributed by atoms with Gasteiger partial charge < -0.3 is 10.1 Å². The van der Waals surface area contributed by atoms with E-state index in [1.165, 1.54) is 19.0 Å². The van der Waals surface area contributed by atoms with Crippen molar-refractivity contribution in [3.8, 4) is 0 Å². The lowest BCUT2D eigenvalue weighted by Gasteiger charge is -2.49. The van der Waals surface area contributed by atoms with Crippen LogP contribution >= 0.6 is 0 Å². The molecule has 1 N–H and O–H groups in total. The molecular weight excluding hydrogens is 427 g/mol. The number of carbonyl (C=O) groups excluding carboxylic acids is 1. The smallest absolute Gasteiger partial charge is 0.379 e. The molecule has 0 radical (unpaired) electrons. The largest absolute Gasteiger partial charge is 0.405 e. The van der Waals surface area contributed by atoms with E-state index in [2.05, 4.69) is 10.2 Å². The van der Waals surface area contributed by atoms with E-state index in [0.717, 1.165) is 8.61 Å². The number of rotatable bonds is 4. The van der Waals surface area contributed by atoms with Gasteiger partial charge in [-0.2, -0.15) is 30.2 Å². The van der Waals surface area contributed by atoms with Crippen molar-refractivity contribution in [2.75, 3.05) is 53.5 Å². The monoisotopic (exact) mass is 457 g/mol. The standard InChI is InChI=1S/C17H30F3N5O4S/c1-12-11-29-7-6-24(12)13-8-15(21-16(26)9-13)25-5-4-23(30(27,28)22(2)3)10-14(25)17(18,19)20/h12-15H,4-11H2,1-3H3,(H,21,26)/t12-,13?,14?,15?/m1/s1. The number of alkyl halides is 3. The number of ether oxygens (including phenoxy) is 1. The lowest BCUT2D eigenvalue weighted by molar-refractivity contribution is -0.204. The van der Waals surface area contributed by atoms with Crippen LogP contribution in [-0.4, -0.2) is 117 Å². The zero-order chi connectivity index (χ0) is 22.3. The number of morpholine rings is 1. The maximum Gasteiger partial charge on any atom is 0.405 e. The summed E-state index contributed by atoms with van der Waals surface area (Å²) < 4.78 is 73.6. The molecule has 0 aromatic carbocycles. The van der Waals surface area contributed by atoms with Crippen LogP contribution in [0.3, 0.4) is 0 Å². The molecule has 0 aromatic rings. The first kappa shape index (κ1) is 23.7. The van der Waals surface area contributed by atoms with Gasteiger partial charge in [0, 0.05) is 58.8 Å². The van der Waals surface area contributed by atoms with Crippen molar-refractivity contribution < 1.29 is 31.1 Å². The molecular formula is C17H30F3N5O4S. The molecule has 13 heteroatoms. The third-order valence-corrected chi connectivity index (χ3v) is 7.99. The summed E-state index contributed by atoms with van der Waals surface area (Å²) in [4.78, 5) is 15.7. The van der Waals surface area contributed by atoms with Crippen molar-refractivity contribution in [1.82, 2.24) is 23.7 Å². The summed E-state index contributed by atoms with van der Waals surface area (Å²) in [5.74, 6) is -0.292. The molecule has 1 amide bonds. The van der Waals surface area contributed by atoms with E-state index in [0.29, 0.717) is 26.2 Å². The van der Waals surface area contributed by atoms with E-state index in [9.17, 15) is 26.4 Å². The Morgan fingerprint density at radius 1 is 1.17 bits per heavy atom. The first-order valence-corrected chi connectivity index (χ1v) is 11.4. The lowest BCUT2D eigenvalue weighted by atomic mass is 9.97. The quantitative estimate of drug-likeness (QED) is 0.622. The number of piperazine rings is 1. The molecule has 30 heavy (non-hydrogen) atoms. The molecule has 0 spiro atoms. The third-order valence-electron chi connectivity index (χ3n) is 6.08. The Labute approximate surface area is 175 Å². The van der Waals surface area contributed by atoms with Gasteiger partial charge in [0.15, 0.2) is 0 Å². The van der Waals surface area contributed by atoms with Gasteiger partial charge in [0.25, 0.3) is 10.2 Å². The number of carbonyl (C=O) groups is 1. The summed E-state index contributed by atoms with van der Waals surface area (Å²) in [6.45, 7) is 2.77. The van der Waals surface area contributed by atoms with Crippen LogP contribution in [0.2, 0.25) is 0 Å². The van der Waals surface area contributed by atoms with Gasteiger partial charge in [-0.3, -0.25) is 14.6 Å². The number of piperidine rings is 1. The Hall–Kier alpha value is -0.990. The molecule has 3 unspecified atom stereocenters. The highest BCUT2D eigenvalue weighted by molar-refractivity contribution is 7.86. The van der Waals surface area contributed by atoms with E-state index in [1.807, 2.05) is 6.92 Å². The van der Waals surface area contributed by atoms with Gasteiger partial charge >= 0.3 is 6.18 Å². The predicted octanol–water partition coefficient (Wildman–Crippen LogP) is -0.333. The highest BCUT2D eigenvalue weighted by Crippen LogP contribution is 2.33. The summed E-state index contributed by atoms with van der Waals surface area (Å²) >= 11 is 0. The summed E-state index contributed by atoms with van der Waals surface area (Å²) in [7, 11) is -1.38. The Kier molecular flexibility index (Phi) is 6.99. The average Bonchev–Trinajstić information content (AvgIpc) is 2.66. The maximum atomic E-state index is 13.9. The molecule has 3 saturated heterocycles. The normalized spacial score (nSPS) is 33.6. The van der Waals surface area contributed by atoms with Crippen LogP contribution in [0.15, 0.2) is 0 Å². The van der Waals surface area contributed by atoms with Crippen LogP contribution in [0.4, 0.5) is 13.2 Å². The van der Waals surface area contributed by atoms with E-state index in [-0.39, 0.29) is 37.5 Å². The topological polar surface area (TPSA) is 85.4 Å². The number of hydrogen-bond donors (Lipinski definition) is 1. The molecule has 4 atom stereocenters. The van der Waals surface area contributed by atoms with E-state index in [1.54, 1.807) is 0 Å². The Morgan fingerprint density at radius 2 is 1.87 bits per heavy atom. The van der Waals surface area contributed by atoms with Crippen molar-refractivity contribution in [1.29, 1.82) is 0 Å². The zero-order valence-electron chi connectivity index (χ0n) is 17.4. The second kappa shape index (κ2) is 8.87. The summed E-state index contributed by atoms with van der Waals surface area (Å²) in [5.41, 5.74) is 0. The van der Waals surface area contributed by atoms with Gasteiger partial charge in [-0.15, -0.1) is 0 Å². The average molecular weight is 458 g/mol. The Balaban J connectivity index is 1.79. The molecule has 0 aliphatic carbocycles. The molecule has 0 aromatic heterocycles. The Morgan fingerprint density at radius 3 is 2.47 bits per heavy atom. The number of halogens is 3.